The number of aliphatic hydroxyl groups is 6. The van der Waals surface area contributed by atoms with Crippen molar-refractivity contribution in [3.8, 4) is 11.5 Å². The first-order valence-electron chi connectivity index (χ1n) is 18.9. The molecule has 0 unspecified atom stereocenters. The highest BCUT2D eigenvalue weighted by atomic mass is 16.5. The number of nitrogens with one attached hydrogen (secondary N) is 4. The van der Waals surface area contributed by atoms with Crippen molar-refractivity contribution in [3.63, 3.8) is 0 Å². The van der Waals surface area contributed by atoms with Gasteiger partial charge in [-0.15, -0.1) is 0 Å². The van der Waals surface area contributed by atoms with Gasteiger partial charge >= 0.3 is 0 Å². The first-order valence-corrected chi connectivity index (χ1v) is 18.9. The van der Waals surface area contributed by atoms with Gasteiger partial charge in [-0.25, -0.2) is 0 Å². The van der Waals surface area contributed by atoms with Gasteiger partial charge in [0.15, 0.2) is 11.5 Å². The second-order valence-electron chi connectivity index (χ2n) is 15.3. The molecule has 3 aliphatic rings. The Hall–Kier alpha value is -5.17. The fraction of sp³-hybridized carbons (Fsp3) is 0.639. The summed E-state index contributed by atoms with van der Waals surface area (Å²) >= 11 is 0. The maximum atomic E-state index is 14.3. The fourth-order valence-corrected chi connectivity index (χ4v) is 7.35. The molecule has 0 aromatic heterocycles. The lowest BCUT2D eigenvalue weighted by molar-refractivity contribution is -0.147. The summed E-state index contributed by atoms with van der Waals surface area (Å²) in [7, 11) is 1.26. The summed E-state index contributed by atoms with van der Waals surface area (Å²) < 4.78 is 5.12. The van der Waals surface area contributed by atoms with Crippen LogP contribution in [0.2, 0.25) is 0 Å². The molecule has 13 atom stereocenters. The highest BCUT2D eigenvalue weighted by Gasteiger charge is 2.49. The summed E-state index contributed by atoms with van der Waals surface area (Å²) in [5.74, 6) is -8.89. The highest BCUT2D eigenvalue weighted by molar-refractivity contribution is 5.98. The van der Waals surface area contributed by atoms with Crippen LogP contribution in [0.3, 0.4) is 0 Å². The predicted molar refractivity (Wildman–Crippen MR) is 200 cm³/mol. The van der Waals surface area contributed by atoms with Crippen LogP contribution in [0.25, 0.3) is 0 Å². The number of methoxy groups -OCH3 is 1. The Morgan fingerprint density at radius 3 is 2.10 bits per heavy atom. The number of rotatable bonds is 8. The summed E-state index contributed by atoms with van der Waals surface area (Å²) in [6.45, 7) is 1.30. The molecule has 3 heterocycles. The highest BCUT2D eigenvalue weighted by Crippen LogP contribution is 2.28. The Bertz CT molecular complexity index is 1750. The maximum Gasteiger partial charge on any atom is 0.248 e. The average molecular weight is 839 g/mol. The van der Waals surface area contributed by atoms with Crippen LogP contribution in [0.15, 0.2) is 18.2 Å². The van der Waals surface area contributed by atoms with E-state index in [1.807, 2.05) is 0 Å². The molecule has 23 nitrogen and oxygen atoms in total. The molecule has 0 radical (unpaired) electrons. The van der Waals surface area contributed by atoms with E-state index in [0.29, 0.717) is 0 Å². The minimum absolute atomic E-state index is 0.0136. The van der Waals surface area contributed by atoms with Gasteiger partial charge in [-0.2, -0.15) is 0 Å². The third-order valence-electron chi connectivity index (χ3n) is 10.6. The number of aromatic hydroxyl groups is 1. The van der Waals surface area contributed by atoms with Crippen LogP contribution in [0, 0.1) is 5.92 Å². The lowest BCUT2D eigenvalue weighted by atomic mass is 9.98. The Morgan fingerprint density at radius 1 is 0.847 bits per heavy atom. The van der Waals surface area contributed by atoms with Crippen molar-refractivity contribution < 1.29 is 74.0 Å². The van der Waals surface area contributed by atoms with E-state index in [4.69, 9.17) is 16.2 Å². The van der Waals surface area contributed by atoms with Crippen molar-refractivity contribution in [2.75, 3.05) is 26.7 Å². The topological polar surface area (TPSA) is 377 Å². The predicted octanol–water partition coefficient (Wildman–Crippen LogP) is -7.25. The average Bonchev–Trinajstić information content (AvgIpc) is 3.71. The molecular formula is C36H54N8O15. The van der Waals surface area contributed by atoms with Gasteiger partial charge in [0.05, 0.1) is 56.2 Å². The summed E-state index contributed by atoms with van der Waals surface area (Å²) in [6, 6.07) is -6.76. The summed E-state index contributed by atoms with van der Waals surface area (Å²) in [4.78, 5) is 96.7. The number of nitrogens with zero attached hydrogens (tertiary/aromatic N) is 2. The van der Waals surface area contributed by atoms with Crippen LogP contribution < -0.4 is 37.5 Å². The van der Waals surface area contributed by atoms with Gasteiger partial charge in [0.25, 0.3) is 0 Å². The number of carbonyl (C=O) groups excluding carboxylic acids is 7. The van der Waals surface area contributed by atoms with E-state index in [-0.39, 0.29) is 23.6 Å². The zero-order valence-electron chi connectivity index (χ0n) is 32.6. The number of carbonyl (C=O) groups is 7. The molecule has 1 aromatic rings. The minimum Gasteiger partial charge on any atom is -0.504 e. The first-order chi connectivity index (χ1) is 27.6. The largest absolute Gasteiger partial charge is 0.504 e. The number of β-amino-alcohol motifs (C(OH)–C–C–N with tert-alkyl or cyclic N) is 1. The molecule has 0 spiro atoms. The van der Waals surface area contributed by atoms with Crippen LogP contribution in [0.1, 0.15) is 38.7 Å². The number of hydrogen-bond acceptors (Lipinski definition) is 16. The van der Waals surface area contributed by atoms with Crippen LogP contribution in [0.5, 0.6) is 11.5 Å². The monoisotopic (exact) mass is 838 g/mol. The number of ether oxygens (including phenoxy) is 1. The van der Waals surface area contributed by atoms with Crippen LogP contribution in [-0.2, 0) is 40.0 Å². The van der Waals surface area contributed by atoms with Crippen molar-refractivity contribution in [1.29, 1.82) is 0 Å². The first kappa shape index (κ1) is 46.5. The molecule has 3 fully saturated rings. The van der Waals surface area contributed by atoms with Gasteiger partial charge in [0, 0.05) is 38.4 Å². The van der Waals surface area contributed by atoms with Gasteiger partial charge in [-0.1, -0.05) is 13.0 Å². The number of phenols is 1. The van der Waals surface area contributed by atoms with E-state index in [9.17, 15) is 69.3 Å². The van der Waals surface area contributed by atoms with Crippen molar-refractivity contribution in [2.24, 2.45) is 17.4 Å². The number of hydrogen-bond donors (Lipinski definition) is 13. The number of amides is 7. The van der Waals surface area contributed by atoms with Crippen molar-refractivity contribution in [3.05, 3.63) is 23.8 Å². The molecular weight excluding hydrogens is 784 g/mol. The van der Waals surface area contributed by atoms with E-state index in [2.05, 4.69) is 21.3 Å². The van der Waals surface area contributed by atoms with E-state index in [0.717, 1.165) is 16.7 Å². The third kappa shape index (κ3) is 11.1. The summed E-state index contributed by atoms with van der Waals surface area (Å²) in [6.07, 6.45) is -12.2. The van der Waals surface area contributed by atoms with Gasteiger partial charge in [-0.3, -0.25) is 33.6 Å². The zero-order chi connectivity index (χ0) is 44.0. The quantitative estimate of drug-likeness (QED) is 0.116. The normalized spacial score (nSPS) is 32.0. The Balaban J connectivity index is 1.82. The lowest BCUT2D eigenvalue weighted by Crippen LogP contribution is -2.64. The Morgan fingerprint density at radius 2 is 1.47 bits per heavy atom. The molecule has 3 saturated heterocycles. The van der Waals surface area contributed by atoms with Crippen LogP contribution in [0.4, 0.5) is 0 Å². The number of fused-ring (bicyclic) bond motifs is 2. The van der Waals surface area contributed by atoms with Crippen molar-refractivity contribution in [1.82, 2.24) is 31.1 Å². The Kier molecular flexibility index (Phi) is 15.5. The van der Waals surface area contributed by atoms with Gasteiger partial charge in [0.2, 0.25) is 41.4 Å². The van der Waals surface area contributed by atoms with Gasteiger partial charge in [-0.05, 0) is 31.0 Å². The minimum atomic E-state index is -2.10. The molecule has 1 aromatic carbocycles. The van der Waals surface area contributed by atoms with Crippen LogP contribution >= 0.6 is 0 Å². The standard InChI is InChI=1S/C36H54N8O15/c1-14-12-44-29(30(14)52)34(56)39-11-17(46)8-19(37)31(53)40-26(15(2)45)35(57)43-13-18(47)9-20(43)32(54)41-27(22(49)6-16-4-5-21(48)24(7-16)59-3)33(55)42-28(36(44)58)23(50)10-25(38)51/h4-5,7,14-15,17-20,22-23,26-30,45-50,52H,6,8-13,37H2,1-3H3,(H2,38,51)(H,39,56)(H,40,53)(H,41,54)(H,42,55)/t14-,15+,17+,18+,19-,20-,22+,23+,26-,27-,28-,29-,30-/m0/s1. The summed E-state index contributed by atoms with van der Waals surface area (Å²) in [5, 5.41) is 84.9. The van der Waals surface area contributed by atoms with Crippen molar-refractivity contribution >= 4 is 41.4 Å². The van der Waals surface area contributed by atoms with Gasteiger partial charge in [0.1, 0.15) is 30.2 Å². The van der Waals surface area contributed by atoms with Gasteiger partial charge < -0.3 is 83.0 Å². The second kappa shape index (κ2) is 19.7. The number of phenolic OH excluding ortho intramolecular Hbond substituents is 1. The number of aliphatic hydroxyl groups excluding tert-OH is 6. The molecule has 15 N–H and O–H groups in total. The molecule has 0 bridgehead atoms. The molecule has 0 aliphatic carbocycles. The SMILES string of the molecule is COc1cc(C[C@@H](O)[C@@H]2NC(=O)[C@@H]3C[C@@H](O)CN3C(=O)[C@H]([C@@H](C)O)NC(=O)[C@@H](N)C[C@@H](O)CNC(=O)[C@@H]3[C@@H](O)[C@@H](C)CN3C(=O)[C@H]([C@H](O)CC(N)=O)NC2=O)ccc1O. The molecule has 3 aliphatic heterocycles. The lowest BCUT2D eigenvalue weighted by Gasteiger charge is -2.33. The number of primary amides is 1. The Labute approximate surface area is 338 Å². The zero-order valence-corrected chi connectivity index (χ0v) is 32.6. The second-order valence-corrected chi connectivity index (χ2v) is 15.3. The third-order valence-corrected chi connectivity index (χ3v) is 10.6. The molecule has 7 amide bonds. The molecule has 4 rings (SSSR count). The van der Waals surface area contributed by atoms with E-state index in [1.54, 1.807) is 0 Å². The maximum absolute atomic E-state index is 14.3. The molecule has 59 heavy (non-hydrogen) atoms. The molecule has 23 heteroatoms. The molecule has 0 saturated carbocycles. The van der Waals surface area contributed by atoms with E-state index >= 15 is 0 Å². The van der Waals surface area contributed by atoms with Crippen molar-refractivity contribution in [2.45, 2.75) is 112 Å². The number of nitrogens with two attached hydrogens (primary N) is 2. The smallest absolute Gasteiger partial charge is 0.248 e. The number of benzene rings is 1. The summed E-state index contributed by atoms with van der Waals surface area (Å²) in [5.41, 5.74) is 11.6. The fourth-order valence-electron chi connectivity index (χ4n) is 7.35. The van der Waals surface area contributed by atoms with Crippen LogP contribution in [-0.4, -0.2) is 187 Å². The van der Waals surface area contributed by atoms with E-state index < -0.39 is 159 Å². The molecule has 328 valence electrons. The van der Waals surface area contributed by atoms with E-state index in [1.165, 1.54) is 32.2 Å².